The van der Waals surface area contributed by atoms with Crippen LogP contribution in [0.2, 0.25) is 0 Å². The van der Waals surface area contributed by atoms with Crippen LogP contribution in [0.5, 0.6) is 0 Å². The van der Waals surface area contributed by atoms with Crippen LogP contribution in [0.25, 0.3) is 0 Å². The van der Waals surface area contributed by atoms with Gasteiger partial charge in [-0.3, -0.25) is 4.79 Å². The summed E-state index contributed by atoms with van der Waals surface area (Å²) in [7, 11) is 0. The third-order valence-corrected chi connectivity index (χ3v) is 3.19. The topological polar surface area (TPSA) is 38.3 Å². The highest BCUT2D eigenvalue weighted by Gasteiger charge is 2.13. The lowest BCUT2D eigenvalue weighted by Gasteiger charge is -2.21. The van der Waals surface area contributed by atoms with Crippen LogP contribution in [0.4, 0.5) is 0 Å². The summed E-state index contributed by atoms with van der Waals surface area (Å²) >= 11 is 0. The molecule has 1 aliphatic rings. The van der Waals surface area contributed by atoms with Gasteiger partial charge in [-0.1, -0.05) is 32.6 Å². The summed E-state index contributed by atoms with van der Waals surface area (Å²) in [6.07, 6.45) is 8.77. The van der Waals surface area contributed by atoms with Crippen LogP contribution < -0.4 is 5.32 Å². The van der Waals surface area contributed by atoms with Gasteiger partial charge < -0.3 is 10.1 Å². The van der Waals surface area contributed by atoms with Crippen molar-refractivity contribution in [2.75, 3.05) is 19.7 Å². The Labute approximate surface area is 98.9 Å². The summed E-state index contributed by atoms with van der Waals surface area (Å²) in [5.74, 6) is 0.668. The normalized spacial score (nSPS) is 17.3. The van der Waals surface area contributed by atoms with Crippen molar-refractivity contribution in [2.24, 2.45) is 5.92 Å². The van der Waals surface area contributed by atoms with Gasteiger partial charge in [0.1, 0.15) is 0 Å². The number of unbranched alkanes of at least 4 members (excludes halogenated alkanes) is 1. The van der Waals surface area contributed by atoms with Gasteiger partial charge in [0.25, 0.3) is 0 Å². The minimum Gasteiger partial charge on any atom is -0.465 e. The van der Waals surface area contributed by atoms with Crippen LogP contribution in [-0.4, -0.2) is 25.7 Å². The van der Waals surface area contributed by atoms with Gasteiger partial charge in [0.05, 0.1) is 13.2 Å². The van der Waals surface area contributed by atoms with Crippen LogP contribution >= 0.6 is 0 Å². The fraction of sp³-hybridized carbons (Fsp3) is 0.923. The summed E-state index contributed by atoms with van der Waals surface area (Å²) in [6, 6.07) is 0. The van der Waals surface area contributed by atoms with Gasteiger partial charge in [-0.2, -0.15) is 0 Å². The summed E-state index contributed by atoms with van der Waals surface area (Å²) in [6.45, 7) is 4.01. The van der Waals surface area contributed by atoms with Crippen molar-refractivity contribution in [2.45, 2.75) is 51.9 Å². The van der Waals surface area contributed by atoms with E-state index >= 15 is 0 Å². The number of carbonyl (C=O) groups excluding carboxylic acids is 1. The third-order valence-electron chi connectivity index (χ3n) is 3.19. The molecular weight excluding hydrogens is 202 g/mol. The molecule has 3 nitrogen and oxygen atoms in total. The van der Waals surface area contributed by atoms with E-state index in [1.54, 1.807) is 0 Å². The first kappa shape index (κ1) is 13.5. The first-order valence-electron chi connectivity index (χ1n) is 6.69. The molecule has 0 aliphatic heterocycles. The maximum atomic E-state index is 11.3. The lowest BCUT2D eigenvalue weighted by molar-refractivity contribution is -0.142. The zero-order valence-corrected chi connectivity index (χ0v) is 10.5. The van der Waals surface area contributed by atoms with E-state index in [0.29, 0.717) is 13.2 Å². The fourth-order valence-corrected chi connectivity index (χ4v) is 2.15. The lowest BCUT2D eigenvalue weighted by Crippen LogP contribution is -2.30. The van der Waals surface area contributed by atoms with E-state index in [-0.39, 0.29) is 5.97 Å². The molecule has 16 heavy (non-hydrogen) atoms. The van der Waals surface area contributed by atoms with Gasteiger partial charge >= 0.3 is 5.97 Å². The standard InChI is InChI=1S/C13H25NO2/c1-2-3-9-16-13(15)11-14-10-12-7-5-4-6-8-12/h12,14H,2-11H2,1H3. The predicted octanol–water partition coefficient (Wildman–Crippen LogP) is 2.50. The number of hydrogen-bond donors (Lipinski definition) is 1. The molecule has 0 radical (unpaired) electrons. The molecule has 1 saturated carbocycles. The molecule has 3 heteroatoms. The summed E-state index contributed by atoms with van der Waals surface area (Å²) in [5.41, 5.74) is 0. The second-order valence-electron chi connectivity index (χ2n) is 4.71. The number of carbonyl (C=O) groups is 1. The van der Waals surface area contributed by atoms with Crippen LogP contribution in [0.3, 0.4) is 0 Å². The third kappa shape index (κ3) is 6.11. The number of ether oxygens (including phenoxy) is 1. The largest absolute Gasteiger partial charge is 0.465 e. The van der Waals surface area contributed by atoms with Crippen LogP contribution in [0, 0.1) is 5.92 Å². The van der Waals surface area contributed by atoms with Gasteiger partial charge in [-0.25, -0.2) is 0 Å². The zero-order valence-electron chi connectivity index (χ0n) is 10.5. The van der Waals surface area contributed by atoms with Gasteiger partial charge in [0.15, 0.2) is 0 Å². The quantitative estimate of drug-likeness (QED) is 0.536. The number of nitrogens with one attached hydrogen (secondary N) is 1. The van der Waals surface area contributed by atoms with Crippen molar-refractivity contribution < 1.29 is 9.53 Å². The number of rotatable bonds is 7. The lowest BCUT2D eigenvalue weighted by atomic mass is 9.89. The fourth-order valence-electron chi connectivity index (χ4n) is 2.15. The molecule has 1 rings (SSSR count). The van der Waals surface area contributed by atoms with Gasteiger partial charge in [-0.15, -0.1) is 0 Å². The van der Waals surface area contributed by atoms with Gasteiger partial charge in [-0.05, 0) is 31.7 Å². The van der Waals surface area contributed by atoms with Crippen LogP contribution in [-0.2, 0) is 9.53 Å². The van der Waals surface area contributed by atoms with Crippen molar-refractivity contribution in [1.82, 2.24) is 5.32 Å². The molecule has 0 saturated heterocycles. The van der Waals surface area contributed by atoms with Crippen molar-refractivity contribution in [1.29, 1.82) is 0 Å². The Hall–Kier alpha value is -0.570. The maximum Gasteiger partial charge on any atom is 0.319 e. The Morgan fingerprint density at radius 3 is 2.75 bits per heavy atom. The van der Waals surface area contributed by atoms with E-state index in [9.17, 15) is 4.79 Å². The van der Waals surface area contributed by atoms with E-state index in [4.69, 9.17) is 4.74 Å². The summed E-state index contributed by atoms with van der Waals surface area (Å²) in [4.78, 5) is 11.3. The highest BCUT2D eigenvalue weighted by atomic mass is 16.5. The molecule has 0 atom stereocenters. The Kier molecular flexibility index (Phi) is 7.23. The molecule has 0 spiro atoms. The van der Waals surface area contributed by atoms with Gasteiger partial charge in [0.2, 0.25) is 0 Å². The monoisotopic (exact) mass is 227 g/mol. The molecular formula is C13H25NO2. The minimum atomic E-state index is -0.107. The molecule has 1 aliphatic carbocycles. The molecule has 0 aromatic carbocycles. The molecule has 1 fully saturated rings. The van der Waals surface area contributed by atoms with Crippen molar-refractivity contribution in [3.63, 3.8) is 0 Å². The van der Waals surface area contributed by atoms with E-state index in [0.717, 1.165) is 25.3 Å². The maximum absolute atomic E-state index is 11.3. The van der Waals surface area contributed by atoms with Crippen molar-refractivity contribution in [3.05, 3.63) is 0 Å². The van der Waals surface area contributed by atoms with Crippen LogP contribution in [0.15, 0.2) is 0 Å². The summed E-state index contributed by atoms with van der Waals surface area (Å²) < 4.78 is 5.07. The first-order chi connectivity index (χ1) is 7.83. The molecule has 1 N–H and O–H groups in total. The highest BCUT2D eigenvalue weighted by molar-refractivity contribution is 5.71. The Balaban J connectivity index is 1.94. The molecule has 0 aromatic heterocycles. The van der Waals surface area contributed by atoms with E-state index in [1.165, 1.54) is 32.1 Å². The van der Waals surface area contributed by atoms with E-state index in [1.807, 2.05) is 0 Å². The molecule has 0 aromatic rings. The number of hydrogen-bond acceptors (Lipinski definition) is 3. The van der Waals surface area contributed by atoms with Crippen molar-refractivity contribution in [3.8, 4) is 0 Å². The molecule has 0 bridgehead atoms. The molecule has 0 amide bonds. The second kappa shape index (κ2) is 8.57. The first-order valence-corrected chi connectivity index (χ1v) is 6.69. The molecule has 0 heterocycles. The Bertz CT molecular complexity index is 188. The Morgan fingerprint density at radius 2 is 2.06 bits per heavy atom. The Morgan fingerprint density at radius 1 is 1.31 bits per heavy atom. The van der Waals surface area contributed by atoms with Crippen LogP contribution in [0.1, 0.15) is 51.9 Å². The zero-order chi connectivity index (χ0) is 11.6. The number of esters is 1. The highest BCUT2D eigenvalue weighted by Crippen LogP contribution is 2.22. The molecule has 0 unspecified atom stereocenters. The smallest absolute Gasteiger partial charge is 0.319 e. The van der Waals surface area contributed by atoms with Crippen molar-refractivity contribution >= 4 is 5.97 Å². The van der Waals surface area contributed by atoms with Gasteiger partial charge in [0, 0.05) is 0 Å². The second-order valence-corrected chi connectivity index (χ2v) is 4.71. The van der Waals surface area contributed by atoms with E-state index in [2.05, 4.69) is 12.2 Å². The predicted molar refractivity (Wildman–Crippen MR) is 65.3 cm³/mol. The minimum absolute atomic E-state index is 0.107. The van der Waals surface area contributed by atoms with E-state index < -0.39 is 0 Å². The average Bonchev–Trinajstić information content (AvgIpc) is 2.31. The summed E-state index contributed by atoms with van der Waals surface area (Å²) in [5, 5.41) is 3.21. The average molecular weight is 227 g/mol. The SMILES string of the molecule is CCCCOC(=O)CNCC1CCCCC1. The molecule has 94 valence electrons.